The van der Waals surface area contributed by atoms with Gasteiger partial charge in [0.25, 0.3) is 5.78 Å². The number of benzene rings is 3. The molecule has 3 aromatic carbocycles. The first-order valence-corrected chi connectivity index (χ1v) is 15.9. The van der Waals surface area contributed by atoms with E-state index >= 15 is 0 Å². The number of carbonyl (C=O) groups excluding carboxylic acids is 2. The predicted molar refractivity (Wildman–Crippen MR) is 169 cm³/mol. The summed E-state index contributed by atoms with van der Waals surface area (Å²) in [6.45, 7) is 2.60. The number of aliphatic hydroxyl groups excluding tert-OH is 1. The highest BCUT2D eigenvalue weighted by Crippen LogP contribution is 2.45. The van der Waals surface area contributed by atoms with Gasteiger partial charge in [0.05, 0.1) is 18.2 Å². The Morgan fingerprint density at radius 1 is 1.02 bits per heavy atom. The third kappa shape index (κ3) is 6.61. The topological polar surface area (TPSA) is 92.6 Å². The van der Waals surface area contributed by atoms with Crippen LogP contribution in [0.2, 0.25) is 15.1 Å². The number of hydrogen-bond donors (Lipinski definition) is 1. The molecule has 0 spiro atoms. The normalized spacial score (nSPS) is 16.3. The SMILES string of the molecule is CCCCOc1cccc(C2/C(=C(\O)c3ccc(Cl)cc3)C(=O)C(=O)N2c2nnc(SCc3ccc(Cl)cc3Cl)s2)c1. The molecule has 4 aromatic rings. The van der Waals surface area contributed by atoms with Crippen molar-refractivity contribution in [3.63, 3.8) is 0 Å². The van der Waals surface area contributed by atoms with Crippen LogP contribution < -0.4 is 9.64 Å². The molecule has 5 rings (SSSR count). The van der Waals surface area contributed by atoms with Crippen LogP contribution in [0.4, 0.5) is 5.13 Å². The minimum Gasteiger partial charge on any atom is -0.507 e. The smallest absolute Gasteiger partial charge is 0.301 e. The van der Waals surface area contributed by atoms with Gasteiger partial charge in [0.2, 0.25) is 5.13 Å². The molecule has 7 nitrogen and oxygen atoms in total. The number of aliphatic hydroxyl groups is 1. The summed E-state index contributed by atoms with van der Waals surface area (Å²) in [5.74, 6) is -0.873. The first-order chi connectivity index (χ1) is 20.3. The lowest BCUT2D eigenvalue weighted by molar-refractivity contribution is -0.132. The van der Waals surface area contributed by atoms with Crippen LogP contribution in [0.15, 0.2) is 76.6 Å². The third-order valence-corrected chi connectivity index (χ3v) is 9.41. The van der Waals surface area contributed by atoms with Crippen LogP contribution in [0, 0.1) is 0 Å². The van der Waals surface area contributed by atoms with E-state index in [1.165, 1.54) is 28.0 Å². The van der Waals surface area contributed by atoms with E-state index in [-0.39, 0.29) is 16.5 Å². The molecule has 1 aliphatic rings. The lowest BCUT2D eigenvalue weighted by atomic mass is 9.95. The summed E-state index contributed by atoms with van der Waals surface area (Å²) < 4.78 is 6.48. The van der Waals surface area contributed by atoms with Crippen molar-refractivity contribution in [2.75, 3.05) is 11.5 Å². The molecule has 1 aromatic heterocycles. The van der Waals surface area contributed by atoms with E-state index in [0.29, 0.717) is 48.6 Å². The Bertz CT molecular complexity index is 1660. The van der Waals surface area contributed by atoms with Gasteiger partial charge in [-0.1, -0.05) is 89.4 Å². The van der Waals surface area contributed by atoms with Gasteiger partial charge in [-0.2, -0.15) is 0 Å². The fraction of sp³-hybridized carbons (Fsp3) is 0.200. The second kappa shape index (κ2) is 13.5. The Morgan fingerprint density at radius 2 is 1.79 bits per heavy atom. The molecular formula is C30H24Cl3N3O4S2. The molecule has 42 heavy (non-hydrogen) atoms. The van der Waals surface area contributed by atoms with Crippen molar-refractivity contribution >= 4 is 80.5 Å². The minimum absolute atomic E-state index is 0.0645. The molecule has 1 N–H and O–H groups in total. The largest absolute Gasteiger partial charge is 0.507 e. The number of nitrogens with zero attached hydrogens (tertiary/aromatic N) is 3. The van der Waals surface area contributed by atoms with E-state index in [4.69, 9.17) is 39.5 Å². The van der Waals surface area contributed by atoms with Crippen molar-refractivity contribution in [1.29, 1.82) is 0 Å². The maximum absolute atomic E-state index is 13.5. The third-order valence-electron chi connectivity index (χ3n) is 6.47. The Morgan fingerprint density at radius 3 is 2.52 bits per heavy atom. The lowest BCUT2D eigenvalue weighted by Gasteiger charge is -2.23. The average molecular weight is 661 g/mol. The van der Waals surface area contributed by atoms with Gasteiger partial charge >= 0.3 is 5.91 Å². The number of unbranched alkanes of at least 4 members (excludes halogenated alkanes) is 1. The fourth-order valence-corrected chi connectivity index (χ4v) is 6.91. The van der Waals surface area contributed by atoms with Crippen LogP contribution >= 0.6 is 57.9 Å². The maximum atomic E-state index is 13.5. The van der Waals surface area contributed by atoms with Crippen molar-refractivity contribution in [3.8, 4) is 5.75 Å². The Kier molecular flexibility index (Phi) is 9.75. The molecule has 1 amide bonds. The molecule has 1 fully saturated rings. The average Bonchev–Trinajstić information content (AvgIpc) is 3.55. The maximum Gasteiger partial charge on any atom is 0.301 e. The monoisotopic (exact) mass is 659 g/mol. The van der Waals surface area contributed by atoms with Gasteiger partial charge < -0.3 is 9.84 Å². The zero-order valence-corrected chi connectivity index (χ0v) is 26.1. The van der Waals surface area contributed by atoms with E-state index in [1.54, 1.807) is 54.6 Å². The fourth-order valence-electron chi connectivity index (χ4n) is 4.35. The van der Waals surface area contributed by atoms with Crippen LogP contribution in [0.25, 0.3) is 5.76 Å². The molecule has 1 unspecified atom stereocenters. The van der Waals surface area contributed by atoms with E-state index in [0.717, 1.165) is 18.4 Å². The quantitative estimate of drug-likeness (QED) is 0.0455. The lowest BCUT2D eigenvalue weighted by Crippen LogP contribution is -2.29. The highest BCUT2D eigenvalue weighted by molar-refractivity contribution is 8.00. The summed E-state index contributed by atoms with van der Waals surface area (Å²) in [6.07, 6.45) is 1.86. The summed E-state index contributed by atoms with van der Waals surface area (Å²) in [6, 6.07) is 17.8. The summed E-state index contributed by atoms with van der Waals surface area (Å²) in [7, 11) is 0. The van der Waals surface area contributed by atoms with E-state index < -0.39 is 17.7 Å². The van der Waals surface area contributed by atoms with Crippen LogP contribution in [0.5, 0.6) is 5.75 Å². The number of ketones is 1. The zero-order chi connectivity index (χ0) is 29.8. The number of thioether (sulfide) groups is 1. The van der Waals surface area contributed by atoms with Gasteiger partial charge in [-0.3, -0.25) is 14.5 Å². The highest BCUT2D eigenvalue weighted by Gasteiger charge is 2.48. The molecular weight excluding hydrogens is 637 g/mol. The standard InChI is InChI=1S/C30H24Cl3N3O4S2/c1-2-3-13-40-22-6-4-5-18(14-22)25-24(26(37)17-7-10-20(31)11-8-17)27(38)28(39)36(25)29-34-35-30(42-29)41-16-19-9-12-21(32)15-23(19)33/h4-12,14-15,25,37H,2-3,13,16H2,1H3/b26-24+. The number of halogens is 3. The molecule has 2 heterocycles. The molecule has 216 valence electrons. The van der Waals surface area contributed by atoms with Crippen molar-refractivity contribution in [1.82, 2.24) is 10.2 Å². The summed E-state index contributed by atoms with van der Waals surface area (Å²) >= 11 is 20.9. The number of rotatable bonds is 10. The number of carbonyl (C=O) groups is 2. The van der Waals surface area contributed by atoms with Gasteiger partial charge in [-0.25, -0.2) is 0 Å². The van der Waals surface area contributed by atoms with Gasteiger partial charge in [0, 0.05) is 26.4 Å². The van der Waals surface area contributed by atoms with E-state index in [9.17, 15) is 14.7 Å². The van der Waals surface area contributed by atoms with Crippen molar-refractivity contribution < 1.29 is 19.4 Å². The number of hydrogen-bond acceptors (Lipinski definition) is 8. The van der Waals surface area contributed by atoms with Gasteiger partial charge in [0.15, 0.2) is 4.34 Å². The zero-order valence-electron chi connectivity index (χ0n) is 22.2. The second-order valence-corrected chi connectivity index (χ2v) is 12.8. The van der Waals surface area contributed by atoms with Gasteiger partial charge in [0.1, 0.15) is 11.5 Å². The van der Waals surface area contributed by atoms with E-state index in [2.05, 4.69) is 17.1 Å². The van der Waals surface area contributed by atoms with Crippen molar-refractivity contribution in [2.45, 2.75) is 35.9 Å². The number of anilines is 1. The first-order valence-electron chi connectivity index (χ1n) is 13.0. The van der Waals surface area contributed by atoms with Crippen LogP contribution in [0.1, 0.15) is 42.5 Å². The van der Waals surface area contributed by atoms with Gasteiger partial charge in [-0.05, 0) is 66.1 Å². The number of ether oxygens (including phenoxy) is 1. The Balaban J connectivity index is 1.53. The van der Waals surface area contributed by atoms with Crippen molar-refractivity contribution in [2.24, 2.45) is 0 Å². The van der Waals surface area contributed by atoms with Crippen LogP contribution in [-0.2, 0) is 15.3 Å². The second-order valence-electron chi connectivity index (χ2n) is 9.33. The highest BCUT2D eigenvalue weighted by atomic mass is 35.5. The molecule has 12 heteroatoms. The van der Waals surface area contributed by atoms with E-state index in [1.807, 2.05) is 12.1 Å². The van der Waals surface area contributed by atoms with Crippen LogP contribution in [0.3, 0.4) is 0 Å². The summed E-state index contributed by atoms with van der Waals surface area (Å²) in [4.78, 5) is 28.3. The van der Waals surface area contributed by atoms with Crippen LogP contribution in [-0.4, -0.2) is 33.6 Å². The summed E-state index contributed by atoms with van der Waals surface area (Å²) in [5, 5.41) is 21.6. The van der Waals surface area contributed by atoms with Crippen molar-refractivity contribution in [3.05, 3.63) is 104 Å². The number of aromatic nitrogens is 2. The molecule has 1 aliphatic heterocycles. The molecule has 0 bridgehead atoms. The molecule has 1 atom stereocenters. The number of amides is 1. The molecule has 0 saturated carbocycles. The first kappa shape index (κ1) is 30.4. The number of Topliss-reactive ketones (excluding diaryl/α,β-unsaturated/α-hetero) is 1. The predicted octanol–water partition coefficient (Wildman–Crippen LogP) is 8.60. The Hall–Kier alpha value is -3.08. The van der Waals surface area contributed by atoms with Gasteiger partial charge in [-0.15, -0.1) is 10.2 Å². The molecule has 1 saturated heterocycles. The molecule has 0 aliphatic carbocycles. The molecule has 0 radical (unpaired) electrons. The Labute approximate surface area is 266 Å². The minimum atomic E-state index is -0.966. The summed E-state index contributed by atoms with van der Waals surface area (Å²) in [5.41, 5.74) is 1.73.